The molecule has 0 fully saturated rings. The van der Waals surface area contributed by atoms with E-state index in [1.54, 1.807) is 0 Å². The third kappa shape index (κ3) is 284. The zero-order valence-electron chi connectivity index (χ0n) is 10.4. The Hall–Kier alpha value is 7.23. The predicted octanol–water partition coefficient (Wildman–Crippen LogP) is -26.3. The van der Waals surface area contributed by atoms with Crippen molar-refractivity contribution < 1.29 is 305 Å². The molecule has 104 valence electrons. The Balaban J connectivity index is -0.0000000150. The van der Waals surface area contributed by atoms with Gasteiger partial charge >= 0.3 is 206 Å². The Bertz CT molecular complexity index is 70.4. The Morgan fingerprint density at radius 2 is 0.250 bits per heavy atom. The molecule has 20 heteroatoms. The van der Waals surface area contributed by atoms with E-state index in [9.17, 15) is 0 Å². The van der Waals surface area contributed by atoms with Crippen LogP contribution in [0.25, 0.3) is 0 Å². The van der Waals surface area contributed by atoms with Gasteiger partial charge in [0.05, 0.1) is 43.1 Å². The molecule has 0 aromatic carbocycles. The molecule has 0 aliphatic heterocycles. The van der Waals surface area contributed by atoms with Gasteiger partial charge in [0.15, 0.2) is 0 Å². The van der Waals surface area contributed by atoms with Gasteiger partial charge in [0.2, 0.25) is 0 Å². The van der Waals surface area contributed by atoms with Gasteiger partial charge in [0.25, 0.3) is 0 Å². The van der Waals surface area contributed by atoms with Crippen LogP contribution in [0.15, 0.2) is 0 Å². The number of halogens is 4. The van der Waals surface area contributed by atoms with E-state index in [4.69, 9.17) is 55.9 Å². The van der Waals surface area contributed by atoms with Crippen LogP contribution < -0.4 is 261 Å². The van der Waals surface area contributed by atoms with Crippen molar-refractivity contribution in [1.82, 2.24) is 0 Å². The molecular weight excluding hydrogens is 490 g/mol. The van der Waals surface area contributed by atoms with Gasteiger partial charge in [-0.05, 0) is 0 Å². The monoisotopic (exact) mass is 488 g/mol. The molecule has 0 N–H and O–H groups in total. The minimum absolute atomic E-state index is 0. The maximum Gasteiger partial charge on any atom is 1.00 e. The van der Waals surface area contributed by atoms with E-state index in [0.29, 0.717) is 0 Å². The van der Waals surface area contributed by atoms with Crippen LogP contribution in [0.2, 0.25) is 0 Å². The first-order chi connectivity index (χ1) is 6.93. The molecule has 0 unspecified atom stereocenters. The molecule has 0 radical (unpaired) electrons. The van der Waals surface area contributed by atoms with E-state index in [0.717, 1.165) is 0 Å². The Morgan fingerprint density at radius 1 is 0.250 bits per heavy atom. The molecule has 0 aromatic rings. The van der Waals surface area contributed by atoms with E-state index >= 15 is 0 Å². The molecule has 0 spiro atoms. The van der Waals surface area contributed by atoms with Crippen molar-refractivity contribution in [1.29, 1.82) is 0 Å². The maximum atomic E-state index is 8.41. The summed E-state index contributed by atoms with van der Waals surface area (Å²) >= 11 is 0. The summed E-state index contributed by atoms with van der Waals surface area (Å²) in [4.78, 5) is 0. The van der Waals surface area contributed by atoms with Crippen LogP contribution in [0.4, 0.5) is 0 Å². The minimum atomic E-state index is -2.85. The molecule has 0 amide bonds. The normalized spacial score (nSPS) is 7.20. The summed E-state index contributed by atoms with van der Waals surface area (Å²) in [7, 11) is -11.4. The van der Waals surface area contributed by atoms with Crippen molar-refractivity contribution in [3.63, 3.8) is 0 Å². The Labute approximate surface area is 295 Å². The predicted molar refractivity (Wildman–Crippen MR) is 0 cm³/mol. The van der Waals surface area contributed by atoms with Gasteiger partial charge in [-0.3, -0.25) is 0 Å². The SMILES string of the molecule is [K+].[K+].[K+].[K+].[O-][Cl+2]([O-])[O-].[O-][Cl+2]([O-])[O-].[O-][Cl+2]([O-])[O-].[O-][Cl+2]([O-])[O-]. The van der Waals surface area contributed by atoms with Gasteiger partial charge in [-0.2, -0.15) is 0 Å². The molecule has 0 bridgehead atoms. The van der Waals surface area contributed by atoms with Crippen LogP contribution in [0, 0.1) is 43.1 Å². The summed E-state index contributed by atoms with van der Waals surface area (Å²) in [5.74, 6) is 0. The van der Waals surface area contributed by atoms with E-state index < -0.39 is 43.1 Å². The van der Waals surface area contributed by atoms with Crippen molar-refractivity contribution in [2.75, 3.05) is 0 Å². The van der Waals surface area contributed by atoms with Crippen molar-refractivity contribution >= 4 is 0 Å². The summed E-state index contributed by atoms with van der Waals surface area (Å²) in [6.45, 7) is 0. The number of hydrogen-bond acceptors (Lipinski definition) is 12. The third-order valence-corrected chi connectivity index (χ3v) is 0. The van der Waals surface area contributed by atoms with E-state index in [1.807, 2.05) is 0 Å². The standard InChI is InChI=1S/4ClO3.4K/c4*2-1(3)4;;;;/q4*-1;4*+1. The molecule has 0 rings (SSSR count). The van der Waals surface area contributed by atoms with Crippen LogP contribution in [0.1, 0.15) is 0 Å². The first-order valence-electron chi connectivity index (χ1n) is 1.85. The van der Waals surface area contributed by atoms with Crippen LogP contribution in [-0.2, 0) is 0 Å². The molecule has 0 aliphatic carbocycles. The summed E-state index contributed by atoms with van der Waals surface area (Å²) in [5.41, 5.74) is 0. The van der Waals surface area contributed by atoms with Crippen LogP contribution >= 0.6 is 0 Å². The molecule has 0 aromatic heterocycles. The topological polar surface area (TPSA) is 277 Å². The number of hydrogen-bond donors (Lipinski definition) is 0. The van der Waals surface area contributed by atoms with Crippen molar-refractivity contribution in [3.8, 4) is 0 Å². The number of rotatable bonds is 0. The summed E-state index contributed by atoms with van der Waals surface area (Å²) in [5, 5.41) is 0. The van der Waals surface area contributed by atoms with Crippen LogP contribution in [-0.4, -0.2) is 0 Å². The Kier molecular flexibility index (Phi) is 114. The molecule has 20 heavy (non-hydrogen) atoms. The summed E-state index contributed by atoms with van der Waals surface area (Å²) < 4.78 is 101. The summed E-state index contributed by atoms with van der Waals surface area (Å²) in [6, 6.07) is 0. The van der Waals surface area contributed by atoms with E-state index in [2.05, 4.69) is 0 Å². The van der Waals surface area contributed by atoms with Crippen LogP contribution in [0.5, 0.6) is 0 Å². The van der Waals surface area contributed by atoms with Gasteiger partial charge in [-0.25, -0.2) is 0 Å². The average molecular weight is 490 g/mol. The second-order valence-electron chi connectivity index (χ2n) is 0.756. The fourth-order valence-electron chi connectivity index (χ4n) is 0. The first kappa shape index (κ1) is 50.7. The summed E-state index contributed by atoms with van der Waals surface area (Å²) in [6.07, 6.45) is 0. The second-order valence-corrected chi connectivity index (χ2v) is 2.27. The molecular formula is Cl4K4O12. The van der Waals surface area contributed by atoms with E-state index in [-0.39, 0.29) is 206 Å². The minimum Gasteiger partial charge on any atom is -0.357 e. The molecule has 0 atom stereocenters. The first-order valence-corrected chi connectivity index (χ1v) is 5.55. The van der Waals surface area contributed by atoms with Gasteiger partial charge in [0, 0.05) is 0 Å². The van der Waals surface area contributed by atoms with Gasteiger partial charge in [-0.1, -0.05) is 0 Å². The largest absolute Gasteiger partial charge is 1.00 e. The van der Waals surface area contributed by atoms with Crippen molar-refractivity contribution in [2.45, 2.75) is 0 Å². The fraction of sp³-hybridized carbons (Fsp3) is 0. The third-order valence-electron chi connectivity index (χ3n) is 0. The average Bonchev–Trinajstić information content (AvgIpc) is 1.76. The molecule has 0 saturated carbocycles. The second kappa shape index (κ2) is 45.1. The Morgan fingerprint density at radius 3 is 0.250 bits per heavy atom. The van der Waals surface area contributed by atoms with Crippen LogP contribution in [0.3, 0.4) is 0 Å². The van der Waals surface area contributed by atoms with Gasteiger partial charge < -0.3 is 55.9 Å². The quantitative estimate of drug-likeness (QED) is 0.286. The van der Waals surface area contributed by atoms with E-state index in [1.165, 1.54) is 0 Å². The van der Waals surface area contributed by atoms with Crippen molar-refractivity contribution in [2.24, 2.45) is 0 Å². The van der Waals surface area contributed by atoms with Crippen molar-refractivity contribution in [3.05, 3.63) is 0 Å². The molecule has 0 heterocycles. The fourth-order valence-corrected chi connectivity index (χ4v) is 0. The molecule has 0 aliphatic rings. The smallest absolute Gasteiger partial charge is 0.357 e. The maximum absolute atomic E-state index is 8.41. The molecule has 12 nitrogen and oxygen atoms in total. The zero-order chi connectivity index (χ0) is 14.3. The van der Waals surface area contributed by atoms with Gasteiger partial charge in [0.1, 0.15) is 0 Å². The molecule has 0 saturated heterocycles. The zero-order valence-corrected chi connectivity index (χ0v) is 25.9. The van der Waals surface area contributed by atoms with Gasteiger partial charge in [-0.15, -0.1) is 0 Å².